The summed E-state index contributed by atoms with van der Waals surface area (Å²) < 4.78 is 21.2. The molecule has 0 spiro atoms. The summed E-state index contributed by atoms with van der Waals surface area (Å²) in [6.07, 6.45) is 7.83. The summed E-state index contributed by atoms with van der Waals surface area (Å²) in [5.74, 6) is 1.28. The maximum atomic E-state index is 15.1. The summed E-state index contributed by atoms with van der Waals surface area (Å²) in [4.78, 5) is 10.3. The first-order valence-electron chi connectivity index (χ1n) is 11.9. The van der Waals surface area contributed by atoms with Gasteiger partial charge in [0.1, 0.15) is 17.5 Å². The molecule has 3 N–H and O–H groups in total. The lowest BCUT2D eigenvalue weighted by molar-refractivity contribution is 0.227. The number of nitrogens with zero attached hydrogens (tertiary/aromatic N) is 4. The highest BCUT2D eigenvalue weighted by Gasteiger charge is 2.44. The van der Waals surface area contributed by atoms with E-state index in [0.29, 0.717) is 51.5 Å². The molecular formula is C26H25Cl2FN6O. The number of anilines is 1. The molecule has 10 heteroatoms. The van der Waals surface area contributed by atoms with Gasteiger partial charge in [-0.2, -0.15) is 5.10 Å². The van der Waals surface area contributed by atoms with Gasteiger partial charge in [0.15, 0.2) is 11.6 Å². The molecule has 1 saturated heterocycles. The molecule has 6 rings (SSSR count). The Bertz CT molecular complexity index is 1430. The predicted molar refractivity (Wildman–Crippen MR) is 139 cm³/mol. The predicted octanol–water partition coefficient (Wildman–Crippen LogP) is 5.92. The highest BCUT2D eigenvalue weighted by atomic mass is 35.5. The van der Waals surface area contributed by atoms with E-state index in [1.54, 1.807) is 6.20 Å². The zero-order valence-electron chi connectivity index (χ0n) is 19.6. The Hall–Kier alpha value is -2.94. The van der Waals surface area contributed by atoms with Crippen molar-refractivity contribution in [3.05, 3.63) is 64.3 Å². The normalized spacial score (nSPS) is 17.8. The number of hydrogen-bond donors (Lipinski definition) is 2. The fraction of sp³-hybridized carbons (Fsp3) is 0.346. The fourth-order valence-corrected chi connectivity index (χ4v) is 5.71. The molecule has 3 aromatic heterocycles. The molecule has 1 saturated carbocycles. The molecule has 2 aliphatic rings. The summed E-state index contributed by atoms with van der Waals surface area (Å²) in [6, 6.07) is 7.02. The maximum Gasteiger partial charge on any atom is 0.166 e. The second-order valence-corrected chi connectivity index (χ2v) is 10.8. The molecule has 2 fully saturated rings. The van der Waals surface area contributed by atoms with Crippen LogP contribution < -0.4 is 15.4 Å². The van der Waals surface area contributed by atoms with Crippen LogP contribution in [0.4, 0.5) is 10.2 Å². The fourth-order valence-electron chi connectivity index (χ4n) is 5.04. The average Bonchev–Trinajstić information content (AvgIpc) is 3.52. The molecule has 1 aliphatic heterocycles. The summed E-state index contributed by atoms with van der Waals surface area (Å²) in [5, 5.41) is 9.07. The van der Waals surface area contributed by atoms with Gasteiger partial charge in [0, 0.05) is 48.2 Å². The number of ether oxygens (including phenoxy) is 1. The van der Waals surface area contributed by atoms with Crippen LogP contribution in [-0.4, -0.2) is 38.8 Å². The number of hydrogen-bond acceptors (Lipinski definition) is 6. The number of nitrogens with one attached hydrogen (secondary N) is 1. The third-order valence-electron chi connectivity index (χ3n) is 6.94. The number of aromatic amines is 1. The van der Waals surface area contributed by atoms with Gasteiger partial charge in [-0.25, -0.2) is 9.37 Å². The monoisotopic (exact) mass is 526 g/mol. The van der Waals surface area contributed by atoms with Gasteiger partial charge in [-0.3, -0.25) is 10.1 Å². The molecule has 0 bridgehead atoms. The number of pyridine rings is 2. The van der Waals surface area contributed by atoms with E-state index in [9.17, 15) is 0 Å². The molecule has 1 aliphatic carbocycles. The van der Waals surface area contributed by atoms with E-state index < -0.39 is 6.10 Å². The van der Waals surface area contributed by atoms with E-state index in [-0.39, 0.29) is 11.4 Å². The van der Waals surface area contributed by atoms with Gasteiger partial charge in [-0.05, 0) is 43.5 Å². The topological polar surface area (TPSA) is 93.0 Å². The van der Waals surface area contributed by atoms with Crippen LogP contribution >= 0.6 is 23.2 Å². The van der Waals surface area contributed by atoms with Gasteiger partial charge in [-0.1, -0.05) is 36.0 Å². The quantitative estimate of drug-likeness (QED) is 0.310. The number of nitrogens with two attached hydrogens (primary N) is 1. The number of H-pyrrole nitrogens is 1. The molecule has 0 unspecified atom stereocenters. The average molecular weight is 527 g/mol. The number of fused-ring (bicyclic) bond motifs is 1. The largest absolute Gasteiger partial charge is 0.486 e. The van der Waals surface area contributed by atoms with Gasteiger partial charge in [0.25, 0.3) is 0 Å². The van der Waals surface area contributed by atoms with Gasteiger partial charge in [0.2, 0.25) is 0 Å². The van der Waals surface area contributed by atoms with Gasteiger partial charge in [-0.15, -0.1) is 0 Å². The molecule has 0 radical (unpaired) electrons. The summed E-state index contributed by atoms with van der Waals surface area (Å²) in [6.45, 7) is 3.12. The van der Waals surface area contributed by atoms with Crippen molar-refractivity contribution in [3.63, 3.8) is 0 Å². The Morgan fingerprint density at radius 1 is 1.19 bits per heavy atom. The summed E-state index contributed by atoms with van der Waals surface area (Å²) >= 11 is 12.6. The third kappa shape index (κ3) is 4.38. The van der Waals surface area contributed by atoms with Crippen molar-refractivity contribution in [1.29, 1.82) is 0 Å². The van der Waals surface area contributed by atoms with E-state index in [1.165, 1.54) is 31.3 Å². The Morgan fingerprint density at radius 2 is 1.94 bits per heavy atom. The van der Waals surface area contributed by atoms with Crippen LogP contribution in [0.1, 0.15) is 37.9 Å². The van der Waals surface area contributed by atoms with Crippen molar-refractivity contribution >= 4 is 39.9 Å². The molecular weight excluding hydrogens is 502 g/mol. The maximum absolute atomic E-state index is 15.1. The van der Waals surface area contributed by atoms with Gasteiger partial charge < -0.3 is 15.4 Å². The van der Waals surface area contributed by atoms with Crippen LogP contribution in [-0.2, 0) is 0 Å². The zero-order valence-corrected chi connectivity index (χ0v) is 21.2. The van der Waals surface area contributed by atoms with Crippen LogP contribution in [0.2, 0.25) is 10.0 Å². The molecule has 1 aromatic carbocycles. The van der Waals surface area contributed by atoms with Crippen LogP contribution in [0.15, 0.2) is 42.9 Å². The number of aromatic nitrogens is 4. The number of halogens is 3. The van der Waals surface area contributed by atoms with E-state index in [4.69, 9.17) is 33.7 Å². The smallest absolute Gasteiger partial charge is 0.166 e. The van der Waals surface area contributed by atoms with Crippen molar-refractivity contribution in [2.75, 3.05) is 18.0 Å². The lowest BCUT2D eigenvalue weighted by Crippen LogP contribution is -2.68. The van der Waals surface area contributed by atoms with Crippen LogP contribution in [0.3, 0.4) is 0 Å². The van der Waals surface area contributed by atoms with Crippen molar-refractivity contribution in [3.8, 4) is 17.0 Å². The first-order valence-corrected chi connectivity index (χ1v) is 12.7. The summed E-state index contributed by atoms with van der Waals surface area (Å²) in [5.41, 5.74) is 8.85. The zero-order chi connectivity index (χ0) is 25.0. The molecule has 0 amide bonds. The van der Waals surface area contributed by atoms with Gasteiger partial charge >= 0.3 is 0 Å². The highest BCUT2D eigenvalue weighted by Crippen LogP contribution is 2.41. The first-order chi connectivity index (χ1) is 17.3. The molecule has 186 valence electrons. The Balaban J connectivity index is 1.23. The SMILES string of the molecule is C[C@@H](Oc1ccc2[nH]nc(-c3cnc(N4CC(N)(CC5CC5)C4)c(F)c3)c2c1)c1c(Cl)cncc1Cl. The standard InChI is InChI=1S/C26H25Cl2FN6O/c1-14(23-19(27)10-31-11-20(23)28)36-17-4-5-22-18(7-17)24(34-33-22)16-6-21(29)25(32-9-16)35-12-26(30,13-35)8-15-2-3-15/h4-7,9-11,14-15H,2-3,8,12-13,30H2,1H3,(H,33,34)/t14-/m1/s1. The van der Waals surface area contributed by atoms with Crippen LogP contribution in [0, 0.1) is 11.7 Å². The molecule has 36 heavy (non-hydrogen) atoms. The minimum Gasteiger partial charge on any atom is -0.486 e. The van der Waals surface area contributed by atoms with E-state index in [1.807, 2.05) is 30.0 Å². The van der Waals surface area contributed by atoms with Crippen molar-refractivity contribution in [1.82, 2.24) is 20.2 Å². The second kappa shape index (κ2) is 8.87. The minimum absolute atomic E-state index is 0.232. The first kappa shape index (κ1) is 23.5. The molecule has 7 nitrogen and oxygen atoms in total. The molecule has 4 heterocycles. The van der Waals surface area contributed by atoms with Crippen molar-refractivity contribution < 1.29 is 9.13 Å². The van der Waals surface area contributed by atoms with E-state index in [0.717, 1.165) is 23.2 Å². The summed E-state index contributed by atoms with van der Waals surface area (Å²) in [7, 11) is 0. The van der Waals surface area contributed by atoms with Gasteiger partial charge in [0.05, 0.1) is 21.1 Å². The minimum atomic E-state index is -0.412. The van der Waals surface area contributed by atoms with Crippen LogP contribution in [0.5, 0.6) is 5.75 Å². The lowest BCUT2D eigenvalue weighted by atomic mass is 9.85. The van der Waals surface area contributed by atoms with E-state index >= 15 is 4.39 Å². The number of rotatable bonds is 7. The Morgan fingerprint density at radius 3 is 2.64 bits per heavy atom. The third-order valence-corrected chi connectivity index (χ3v) is 7.54. The van der Waals surface area contributed by atoms with Crippen molar-refractivity contribution in [2.24, 2.45) is 11.7 Å². The molecule has 1 atom stereocenters. The second-order valence-electron chi connectivity index (χ2n) is 9.95. The molecule has 4 aromatic rings. The van der Waals surface area contributed by atoms with Crippen LogP contribution in [0.25, 0.3) is 22.2 Å². The number of benzene rings is 1. The Labute approximate surface area is 217 Å². The van der Waals surface area contributed by atoms with E-state index in [2.05, 4.69) is 20.2 Å². The highest BCUT2D eigenvalue weighted by molar-refractivity contribution is 6.35. The van der Waals surface area contributed by atoms with Crippen molar-refractivity contribution in [2.45, 2.75) is 37.8 Å². The Kier molecular flexibility index (Phi) is 5.78. The lowest BCUT2D eigenvalue weighted by Gasteiger charge is -2.48.